The summed E-state index contributed by atoms with van der Waals surface area (Å²) < 4.78 is 36.0. The van der Waals surface area contributed by atoms with E-state index in [1.165, 1.54) is 0 Å². The monoisotopic (exact) mass is 780 g/mol. The maximum absolute atomic E-state index is 13.0. The second-order valence-corrected chi connectivity index (χ2v) is 15.8. The van der Waals surface area contributed by atoms with E-state index in [1.807, 2.05) is 0 Å². The molecule has 22 heteroatoms. The molecule has 0 aromatic rings. The molecule has 0 bridgehead atoms. The highest BCUT2D eigenvalue weighted by atomic mass is 16.8. The van der Waals surface area contributed by atoms with E-state index in [1.54, 1.807) is 0 Å². The number of carbonyl (C=O) groups excluding carboxylic acids is 1. The molecule has 54 heavy (non-hydrogen) atoms. The van der Waals surface area contributed by atoms with Crippen molar-refractivity contribution in [2.75, 3.05) is 26.2 Å². The molecule has 312 valence electrons. The smallest absolute Gasteiger partial charge is 0.253 e. The van der Waals surface area contributed by atoms with Crippen LogP contribution in [0.25, 0.3) is 0 Å². The maximum atomic E-state index is 13.0. The third-order valence-electron chi connectivity index (χ3n) is 11.7. The summed E-state index contributed by atoms with van der Waals surface area (Å²) in [5.74, 6) is -0.384. The minimum atomic E-state index is -1.82. The van der Waals surface area contributed by atoms with E-state index in [9.17, 15) is 40.5 Å². The van der Waals surface area contributed by atoms with Gasteiger partial charge in [0.25, 0.3) is 5.91 Å². The zero-order chi connectivity index (χ0) is 39.2. The van der Waals surface area contributed by atoms with Crippen LogP contribution in [0.5, 0.6) is 0 Å². The lowest BCUT2D eigenvalue weighted by molar-refractivity contribution is -0.296. The average molecular weight is 781 g/mol. The fraction of sp³-hybridized carbons (Fsp3) is 0.969. The van der Waals surface area contributed by atoms with Crippen molar-refractivity contribution in [2.45, 2.75) is 160 Å². The molecule has 20 atom stereocenters. The molecule has 6 aliphatic rings. The van der Waals surface area contributed by atoms with Crippen molar-refractivity contribution < 1.29 is 69.0 Å². The second kappa shape index (κ2) is 17.3. The van der Waals surface area contributed by atoms with Gasteiger partial charge in [0.05, 0.1) is 36.9 Å². The SMILES string of the molecule is NC[C@@H]1O[C@H](O[C@H]2[C@@H](O)[C@H](O[C@@H]3[C@@H](O)[C@H](NC(=O)C4(O)CC4N)C[C@H](N)[C@H]3O[C@H]3O[C@H](CNCC4CC(N)C4)[C@@H](O)C[C@H]3N)O[C@@H]2CO)[C@H](N)[C@@H](O)[C@@H]1O. The third-order valence-corrected chi connectivity index (χ3v) is 11.7. The average Bonchev–Trinajstić information content (AvgIpc) is 3.64. The van der Waals surface area contributed by atoms with Crippen LogP contribution < -0.4 is 45.0 Å². The van der Waals surface area contributed by atoms with Gasteiger partial charge in [0.1, 0.15) is 54.9 Å². The Hall–Kier alpha value is -1.33. The Kier molecular flexibility index (Phi) is 13.5. The van der Waals surface area contributed by atoms with Gasteiger partial charge < -0.3 is 109 Å². The number of aliphatic hydroxyl groups is 7. The minimum absolute atomic E-state index is 0.0226. The summed E-state index contributed by atoms with van der Waals surface area (Å²) >= 11 is 0. The van der Waals surface area contributed by atoms with E-state index in [4.69, 9.17) is 62.8 Å². The van der Waals surface area contributed by atoms with E-state index in [2.05, 4.69) is 10.6 Å². The largest absolute Gasteiger partial charge is 0.394 e. The molecule has 3 saturated heterocycles. The summed E-state index contributed by atoms with van der Waals surface area (Å²) in [7, 11) is 0. The van der Waals surface area contributed by atoms with Crippen molar-refractivity contribution in [1.29, 1.82) is 0 Å². The van der Waals surface area contributed by atoms with Crippen LogP contribution in [0, 0.1) is 5.92 Å². The lowest BCUT2D eigenvalue weighted by Crippen LogP contribution is -2.67. The van der Waals surface area contributed by atoms with E-state index >= 15 is 0 Å². The molecule has 0 aromatic carbocycles. The number of aliphatic hydroxyl groups excluding tert-OH is 6. The molecule has 22 nitrogen and oxygen atoms in total. The van der Waals surface area contributed by atoms with Gasteiger partial charge in [-0.3, -0.25) is 4.79 Å². The standard InChI is InChI=1S/C32H60N8O14/c33-6-16-22(44)23(45)20(38)29(49-16)53-26-18(9-41)51-30(24(26)46)54-27-21(43)14(40-31(47)32(48)5-19(32)37)3-12(35)25(27)52-28-13(36)4-15(42)17(50-28)8-39-7-10-1-11(34)2-10/h10-30,39,41-46,48H,1-9,33-38H2,(H,40,47)/t10?,11?,12-,13+,14+,15-,16-,17+,18+,19?,20+,21-,22+,23+,24+,25+,26+,27+,28+,29+,30-,32?/m0/s1. The molecule has 3 saturated carbocycles. The summed E-state index contributed by atoms with van der Waals surface area (Å²) in [6.07, 6.45) is -16.4. The predicted octanol–water partition coefficient (Wildman–Crippen LogP) is -8.88. The number of nitrogens with one attached hydrogen (secondary N) is 2. The van der Waals surface area contributed by atoms with E-state index < -0.39 is 134 Å². The van der Waals surface area contributed by atoms with Gasteiger partial charge in [0.15, 0.2) is 24.5 Å². The number of hydrogen-bond acceptors (Lipinski definition) is 21. The predicted molar refractivity (Wildman–Crippen MR) is 183 cm³/mol. The first-order valence-corrected chi connectivity index (χ1v) is 18.7. The molecule has 6 fully saturated rings. The molecule has 21 N–H and O–H groups in total. The van der Waals surface area contributed by atoms with Gasteiger partial charge in [-0.05, 0) is 38.1 Å². The first kappa shape index (κ1) is 42.3. The number of carbonyl (C=O) groups is 1. The number of hydrogen-bond donors (Lipinski definition) is 15. The lowest BCUT2D eigenvalue weighted by Gasteiger charge is -2.47. The van der Waals surface area contributed by atoms with Gasteiger partial charge in [-0.1, -0.05) is 0 Å². The maximum Gasteiger partial charge on any atom is 0.253 e. The van der Waals surface area contributed by atoms with Crippen LogP contribution in [-0.2, 0) is 33.2 Å². The molecule has 0 aromatic heterocycles. The molecule has 3 heterocycles. The second-order valence-electron chi connectivity index (χ2n) is 15.8. The Bertz CT molecular complexity index is 1260. The summed E-state index contributed by atoms with van der Waals surface area (Å²) in [5, 5.41) is 81.3. The fourth-order valence-electron chi connectivity index (χ4n) is 8.02. The van der Waals surface area contributed by atoms with Crippen LogP contribution in [0.4, 0.5) is 0 Å². The van der Waals surface area contributed by atoms with Crippen LogP contribution in [0.1, 0.15) is 32.1 Å². The van der Waals surface area contributed by atoms with Crippen LogP contribution in [-0.4, -0.2) is 196 Å². The number of ether oxygens (including phenoxy) is 6. The number of rotatable bonds is 14. The molecular formula is C32H60N8O14. The quantitative estimate of drug-likeness (QED) is 0.0778. The molecule has 1 amide bonds. The third kappa shape index (κ3) is 8.73. The van der Waals surface area contributed by atoms with Gasteiger partial charge in [-0.2, -0.15) is 0 Å². The summed E-state index contributed by atoms with van der Waals surface area (Å²) in [4.78, 5) is 13.0. The van der Waals surface area contributed by atoms with Gasteiger partial charge in [0, 0.05) is 37.6 Å². The van der Waals surface area contributed by atoms with Gasteiger partial charge >= 0.3 is 0 Å². The van der Waals surface area contributed by atoms with Crippen LogP contribution in [0.2, 0.25) is 0 Å². The van der Waals surface area contributed by atoms with Crippen molar-refractivity contribution in [3.63, 3.8) is 0 Å². The van der Waals surface area contributed by atoms with Crippen LogP contribution in [0.3, 0.4) is 0 Å². The molecule has 0 radical (unpaired) electrons. The first-order chi connectivity index (χ1) is 25.6. The Morgan fingerprint density at radius 2 is 1.35 bits per heavy atom. The molecule has 0 spiro atoms. The van der Waals surface area contributed by atoms with E-state index in [0.717, 1.165) is 12.8 Å². The highest BCUT2D eigenvalue weighted by Gasteiger charge is 2.59. The van der Waals surface area contributed by atoms with Gasteiger partial charge in [-0.25, -0.2) is 0 Å². The van der Waals surface area contributed by atoms with Crippen molar-refractivity contribution in [2.24, 2.45) is 40.3 Å². The van der Waals surface area contributed by atoms with Crippen molar-refractivity contribution in [1.82, 2.24) is 10.6 Å². The molecule has 3 aliphatic heterocycles. The summed E-state index contributed by atoms with van der Waals surface area (Å²) in [6.45, 7) is 0.112. The number of amides is 1. The molecular weight excluding hydrogens is 720 g/mol. The lowest BCUT2D eigenvalue weighted by atomic mass is 9.81. The number of nitrogens with two attached hydrogens (primary N) is 6. The summed E-state index contributed by atoms with van der Waals surface area (Å²) in [6, 6.07) is -4.77. The normalized spacial score (nSPS) is 52.1. The van der Waals surface area contributed by atoms with Gasteiger partial charge in [0.2, 0.25) is 0 Å². The zero-order valence-electron chi connectivity index (χ0n) is 29.9. The fourth-order valence-corrected chi connectivity index (χ4v) is 8.02. The Labute approximate surface area is 312 Å². The Balaban J connectivity index is 1.17. The highest BCUT2D eigenvalue weighted by Crippen LogP contribution is 2.37. The van der Waals surface area contributed by atoms with E-state index in [0.29, 0.717) is 19.0 Å². The Morgan fingerprint density at radius 3 is 1.98 bits per heavy atom. The van der Waals surface area contributed by atoms with Crippen LogP contribution in [0.15, 0.2) is 0 Å². The topological polar surface area (TPSA) is 394 Å². The minimum Gasteiger partial charge on any atom is -0.394 e. The summed E-state index contributed by atoms with van der Waals surface area (Å²) in [5.41, 5.74) is 34.6. The Morgan fingerprint density at radius 1 is 0.722 bits per heavy atom. The van der Waals surface area contributed by atoms with E-state index in [-0.39, 0.29) is 31.8 Å². The molecule has 2 unspecified atom stereocenters. The van der Waals surface area contributed by atoms with Crippen molar-refractivity contribution >= 4 is 5.91 Å². The molecule has 6 rings (SSSR count). The van der Waals surface area contributed by atoms with Gasteiger partial charge in [-0.15, -0.1) is 0 Å². The van der Waals surface area contributed by atoms with Crippen molar-refractivity contribution in [3.8, 4) is 0 Å². The first-order valence-electron chi connectivity index (χ1n) is 18.7. The van der Waals surface area contributed by atoms with Crippen molar-refractivity contribution in [3.05, 3.63) is 0 Å². The zero-order valence-corrected chi connectivity index (χ0v) is 29.9. The van der Waals surface area contributed by atoms with Crippen LogP contribution >= 0.6 is 0 Å². The highest BCUT2D eigenvalue weighted by molar-refractivity contribution is 5.89. The molecule has 3 aliphatic carbocycles.